The smallest absolute Gasteiger partial charge is 0.329 e. The second-order valence-corrected chi connectivity index (χ2v) is 10.8. The molecule has 0 aromatic heterocycles. The van der Waals surface area contributed by atoms with Crippen molar-refractivity contribution in [2.75, 3.05) is 0 Å². The van der Waals surface area contributed by atoms with E-state index in [0.717, 1.165) is 36.2 Å². The molecule has 1 aliphatic carbocycles. The second-order valence-electron chi connectivity index (χ2n) is 5.48. The van der Waals surface area contributed by atoms with Crippen LogP contribution >= 0.6 is 0 Å². The van der Waals surface area contributed by atoms with Gasteiger partial charge in [0.15, 0.2) is 0 Å². The molecular weight excluding hydrogens is 240 g/mol. The van der Waals surface area contributed by atoms with E-state index < -0.39 is 8.07 Å². The SMILES string of the molecule is C=C(C(=O)OC1CCCCC1)[Si](CC)(CC)CC. The molecule has 3 heteroatoms. The minimum atomic E-state index is -1.64. The lowest BCUT2D eigenvalue weighted by Crippen LogP contribution is -2.39. The Morgan fingerprint density at radius 1 is 1.11 bits per heavy atom. The van der Waals surface area contributed by atoms with Crippen LogP contribution in [-0.4, -0.2) is 20.1 Å². The first-order valence-corrected chi connectivity index (χ1v) is 10.1. The van der Waals surface area contributed by atoms with Gasteiger partial charge in [0.1, 0.15) is 6.10 Å². The molecular formula is C15H28O2Si. The van der Waals surface area contributed by atoms with Crippen molar-refractivity contribution in [1.82, 2.24) is 0 Å². The van der Waals surface area contributed by atoms with Crippen LogP contribution in [0.1, 0.15) is 52.9 Å². The van der Waals surface area contributed by atoms with Crippen molar-refractivity contribution in [3.8, 4) is 0 Å². The third kappa shape index (κ3) is 3.47. The number of hydrogen-bond acceptors (Lipinski definition) is 2. The van der Waals surface area contributed by atoms with Crippen LogP contribution in [0.15, 0.2) is 11.8 Å². The zero-order chi connectivity index (χ0) is 13.6. The Labute approximate surface area is 113 Å². The lowest BCUT2D eigenvalue weighted by molar-refractivity contribution is -0.144. The van der Waals surface area contributed by atoms with Gasteiger partial charge >= 0.3 is 5.97 Å². The van der Waals surface area contributed by atoms with Gasteiger partial charge in [0.05, 0.1) is 8.07 Å². The third-order valence-corrected chi connectivity index (χ3v) is 10.3. The molecule has 0 spiro atoms. The molecule has 2 nitrogen and oxygen atoms in total. The summed E-state index contributed by atoms with van der Waals surface area (Å²) < 4.78 is 5.66. The van der Waals surface area contributed by atoms with Gasteiger partial charge in [0.25, 0.3) is 0 Å². The maximum absolute atomic E-state index is 12.2. The highest BCUT2D eigenvalue weighted by Crippen LogP contribution is 2.29. The molecule has 0 unspecified atom stereocenters. The van der Waals surface area contributed by atoms with Crippen molar-refractivity contribution in [2.45, 2.75) is 77.1 Å². The predicted molar refractivity (Wildman–Crippen MR) is 79.3 cm³/mol. The fourth-order valence-corrected chi connectivity index (χ4v) is 6.28. The van der Waals surface area contributed by atoms with E-state index in [1.165, 1.54) is 19.3 Å². The van der Waals surface area contributed by atoms with E-state index in [-0.39, 0.29) is 12.1 Å². The normalized spacial score (nSPS) is 17.5. The zero-order valence-corrected chi connectivity index (χ0v) is 13.3. The van der Waals surface area contributed by atoms with E-state index in [0.29, 0.717) is 0 Å². The van der Waals surface area contributed by atoms with E-state index in [4.69, 9.17) is 4.74 Å². The third-order valence-electron chi connectivity index (χ3n) is 4.74. The molecule has 0 atom stereocenters. The summed E-state index contributed by atoms with van der Waals surface area (Å²) in [6.07, 6.45) is 5.91. The Morgan fingerprint density at radius 3 is 2.06 bits per heavy atom. The number of rotatable bonds is 6. The van der Waals surface area contributed by atoms with Crippen molar-refractivity contribution in [3.05, 3.63) is 11.8 Å². The average molecular weight is 268 g/mol. The Balaban J connectivity index is 2.61. The average Bonchev–Trinajstić information content (AvgIpc) is 2.42. The van der Waals surface area contributed by atoms with Crippen LogP contribution in [0, 0.1) is 0 Å². The minimum Gasteiger partial charge on any atom is -0.459 e. The molecule has 0 aromatic carbocycles. The first-order chi connectivity index (χ1) is 8.59. The van der Waals surface area contributed by atoms with Crippen molar-refractivity contribution < 1.29 is 9.53 Å². The summed E-state index contributed by atoms with van der Waals surface area (Å²) in [6, 6.07) is 3.29. The van der Waals surface area contributed by atoms with Crippen molar-refractivity contribution in [3.63, 3.8) is 0 Å². The van der Waals surface area contributed by atoms with E-state index in [2.05, 4.69) is 27.4 Å². The molecule has 1 saturated carbocycles. The molecule has 0 bridgehead atoms. The summed E-state index contributed by atoms with van der Waals surface area (Å²) in [4.78, 5) is 12.2. The molecule has 0 radical (unpaired) electrons. The summed E-state index contributed by atoms with van der Waals surface area (Å²) in [7, 11) is -1.64. The Kier molecular flexibility index (Phi) is 6.13. The molecule has 0 heterocycles. The highest BCUT2D eigenvalue weighted by atomic mass is 28.3. The molecule has 1 fully saturated rings. The highest BCUT2D eigenvalue weighted by Gasteiger charge is 2.35. The van der Waals surface area contributed by atoms with Crippen molar-refractivity contribution in [1.29, 1.82) is 0 Å². The summed E-state index contributed by atoms with van der Waals surface area (Å²) in [5.41, 5.74) is 0. The Morgan fingerprint density at radius 2 is 1.61 bits per heavy atom. The van der Waals surface area contributed by atoms with Crippen LogP contribution in [0.4, 0.5) is 0 Å². The zero-order valence-electron chi connectivity index (χ0n) is 12.3. The molecule has 0 aromatic rings. The van der Waals surface area contributed by atoms with Gasteiger partial charge in [-0.05, 0) is 25.7 Å². The Bertz CT molecular complexity index is 281. The van der Waals surface area contributed by atoms with Crippen LogP contribution in [0.3, 0.4) is 0 Å². The van der Waals surface area contributed by atoms with Gasteiger partial charge in [0, 0.05) is 5.20 Å². The first-order valence-electron chi connectivity index (χ1n) is 7.50. The molecule has 0 saturated heterocycles. The predicted octanol–water partition coefficient (Wildman–Crippen LogP) is 4.47. The van der Waals surface area contributed by atoms with Gasteiger partial charge in [-0.2, -0.15) is 0 Å². The Hall–Kier alpha value is -0.573. The number of carbonyl (C=O) groups excluding carboxylic acids is 1. The topological polar surface area (TPSA) is 26.3 Å². The molecule has 0 N–H and O–H groups in total. The van der Waals surface area contributed by atoms with Crippen LogP contribution in [-0.2, 0) is 9.53 Å². The summed E-state index contributed by atoms with van der Waals surface area (Å²) in [5, 5.41) is 0.820. The maximum Gasteiger partial charge on any atom is 0.329 e. The second kappa shape index (κ2) is 7.12. The monoisotopic (exact) mass is 268 g/mol. The van der Waals surface area contributed by atoms with Crippen molar-refractivity contribution >= 4 is 14.0 Å². The van der Waals surface area contributed by atoms with Gasteiger partial charge in [-0.15, -0.1) is 0 Å². The molecule has 1 aliphatic rings. The van der Waals surface area contributed by atoms with Crippen LogP contribution in [0.5, 0.6) is 0 Å². The maximum atomic E-state index is 12.2. The number of carbonyl (C=O) groups is 1. The lowest BCUT2D eigenvalue weighted by Gasteiger charge is -2.30. The van der Waals surface area contributed by atoms with Gasteiger partial charge in [-0.1, -0.05) is 51.9 Å². The number of esters is 1. The van der Waals surface area contributed by atoms with Gasteiger partial charge < -0.3 is 4.74 Å². The fourth-order valence-electron chi connectivity index (χ4n) is 3.01. The lowest BCUT2D eigenvalue weighted by atomic mass is 9.98. The van der Waals surface area contributed by atoms with Crippen LogP contribution < -0.4 is 0 Å². The first kappa shape index (κ1) is 15.5. The molecule has 1 rings (SSSR count). The van der Waals surface area contributed by atoms with Crippen LogP contribution in [0.2, 0.25) is 18.1 Å². The minimum absolute atomic E-state index is 0.0980. The summed E-state index contributed by atoms with van der Waals surface area (Å²) in [5.74, 6) is -0.0980. The largest absolute Gasteiger partial charge is 0.459 e. The molecule has 18 heavy (non-hydrogen) atoms. The van der Waals surface area contributed by atoms with Gasteiger partial charge in [-0.3, -0.25) is 0 Å². The van der Waals surface area contributed by atoms with Gasteiger partial charge in [0.2, 0.25) is 0 Å². The van der Waals surface area contributed by atoms with Gasteiger partial charge in [-0.25, -0.2) is 4.79 Å². The van der Waals surface area contributed by atoms with Crippen molar-refractivity contribution in [2.24, 2.45) is 0 Å². The van der Waals surface area contributed by atoms with E-state index in [1.807, 2.05) is 0 Å². The molecule has 104 valence electrons. The summed E-state index contributed by atoms with van der Waals surface area (Å²) >= 11 is 0. The van der Waals surface area contributed by atoms with E-state index in [1.54, 1.807) is 0 Å². The quantitative estimate of drug-likeness (QED) is 0.404. The molecule has 0 amide bonds. The fraction of sp³-hybridized carbons (Fsp3) is 0.800. The molecule has 0 aliphatic heterocycles. The number of ether oxygens (including phenoxy) is 1. The van der Waals surface area contributed by atoms with E-state index in [9.17, 15) is 4.79 Å². The van der Waals surface area contributed by atoms with E-state index >= 15 is 0 Å². The highest BCUT2D eigenvalue weighted by molar-refractivity contribution is 6.89. The summed E-state index contributed by atoms with van der Waals surface area (Å²) in [6.45, 7) is 10.7. The number of hydrogen-bond donors (Lipinski definition) is 0. The standard InChI is InChI=1S/C15H28O2Si/c1-5-18(6-2,7-3)13(4)15(16)17-14-11-9-8-10-12-14/h14H,4-12H2,1-3H3. The van der Waals surface area contributed by atoms with Crippen LogP contribution in [0.25, 0.3) is 0 Å².